The lowest BCUT2D eigenvalue weighted by Crippen LogP contribution is -2.26. The number of hydrogen-bond donors (Lipinski definition) is 0. The molecule has 1 aliphatic rings. The Morgan fingerprint density at radius 3 is 2.50 bits per heavy atom. The van der Waals surface area contributed by atoms with Crippen LogP contribution in [0.1, 0.15) is 12.0 Å². The van der Waals surface area contributed by atoms with E-state index in [0.717, 1.165) is 6.42 Å². The van der Waals surface area contributed by atoms with Crippen molar-refractivity contribution in [2.24, 2.45) is 0 Å². The summed E-state index contributed by atoms with van der Waals surface area (Å²) in [6.45, 7) is 0. The van der Waals surface area contributed by atoms with E-state index in [2.05, 4.69) is 30.4 Å². The fraction of sp³-hybridized carbons (Fsp3) is 0.231. The first-order chi connectivity index (χ1) is 6.87. The molecule has 0 heterocycles. The zero-order chi connectivity index (χ0) is 9.86. The molecule has 1 aromatic carbocycles. The van der Waals surface area contributed by atoms with Crippen molar-refractivity contribution in [3.8, 4) is 0 Å². The molecule has 2 rings (SSSR count). The highest BCUT2D eigenvalue weighted by atomic mass is 16.5. The van der Waals surface area contributed by atoms with Gasteiger partial charge in [-0.2, -0.15) is 0 Å². The standard InChI is InChI=1S/C13H14O/c1-14-13(10-6-3-7-11-13)12-8-4-2-5-9-12/h2-10H,11H2,1H3. The maximum absolute atomic E-state index is 5.63. The van der Waals surface area contributed by atoms with Crippen LogP contribution in [0, 0.1) is 0 Å². The SMILES string of the molecule is COC1(c2ccccc2)C=CC=CC1. The molecule has 1 unspecified atom stereocenters. The molecule has 1 heteroatoms. The Hall–Kier alpha value is -1.34. The van der Waals surface area contributed by atoms with Gasteiger partial charge in [-0.3, -0.25) is 0 Å². The average molecular weight is 186 g/mol. The van der Waals surface area contributed by atoms with Crippen molar-refractivity contribution in [2.45, 2.75) is 12.0 Å². The van der Waals surface area contributed by atoms with E-state index in [0.29, 0.717) is 0 Å². The van der Waals surface area contributed by atoms with Crippen LogP contribution in [0.15, 0.2) is 54.6 Å². The Balaban J connectivity index is 2.39. The summed E-state index contributed by atoms with van der Waals surface area (Å²) in [5, 5.41) is 0. The van der Waals surface area contributed by atoms with E-state index < -0.39 is 0 Å². The number of methoxy groups -OCH3 is 1. The van der Waals surface area contributed by atoms with E-state index >= 15 is 0 Å². The van der Waals surface area contributed by atoms with E-state index in [1.165, 1.54) is 5.56 Å². The van der Waals surface area contributed by atoms with Crippen molar-refractivity contribution in [3.63, 3.8) is 0 Å². The molecule has 0 N–H and O–H groups in total. The second-order valence-corrected chi connectivity index (χ2v) is 3.45. The number of ether oxygens (including phenoxy) is 1. The minimum atomic E-state index is -0.254. The van der Waals surface area contributed by atoms with Crippen LogP contribution in [-0.2, 0) is 10.3 Å². The fourth-order valence-electron chi connectivity index (χ4n) is 1.80. The summed E-state index contributed by atoms with van der Waals surface area (Å²) in [6, 6.07) is 10.3. The molecule has 1 aliphatic carbocycles. The summed E-state index contributed by atoms with van der Waals surface area (Å²) < 4.78 is 5.63. The summed E-state index contributed by atoms with van der Waals surface area (Å²) in [6.07, 6.45) is 9.25. The summed E-state index contributed by atoms with van der Waals surface area (Å²) in [5.41, 5.74) is 0.957. The van der Waals surface area contributed by atoms with Gasteiger partial charge in [0, 0.05) is 13.5 Å². The lowest BCUT2D eigenvalue weighted by Gasteiger charge is -2.30. The minimum absolute atomic E-state index is 0.254. The molecule has 0 saturated carbocycles. The number of allylic oxidation sites excluding steroid dienone is 2. The van der Waals surface area contributed by atoms with Crippen LogP contribution in [0.25, 0.3) is 0 Å². The first-order valence-corrected chi connectivity index (χ1v) is 4.82. The highest BCUT2D eigenvalue weighted by Crippen LogP contribution is 2.32. The van der Waals surface area contributed by atoms with E-state index in [4.69, 9.17) is 4.74 Å². The van der Waals surface area contributed by atoms with Crippen LogP contribution < -0.4 is 0 Å². The Bertz CT molecular complexity index is 351. The van der Waals surface area contributed by atoms with E-state index in [1.54, 1.807) is 7.11 Å². The van der Waals surface area contributed by atoms with Gasteiger partial charge in [0.25, 0.3) is 0 Å². The van der Waals surface area contributed by atoms with Crippen LogP contribution >= 0.6 is 0 Å². The lowest BCUT2D eigenvalue weighted by molar-refractivity contribution is 0.0307. The molecule has 1 aromatic rings. The van der Waals surface area contributed by atoms with Gasteiger partial charge in [0.1, 0.15) is 5.60 Å². The summed E-state index contributed by atoms with van der Waals surface area (Å²) in [4.78, 5) is 0. The Kier molecular flexibility index (Phi) is 2.51. The number of hydrogen-bond acceptors (Lipinski definition) is 1. The predicted octanol–water partition coefficient (Wildman–Crippen LogP) is 3.04. The third kappa shape index (κ3) is 1.51. The van der Waals surface area contributed by atoms with Gasteiger partial charge in [-0.25, -0.2) is 0 Å². The first-order valence-electron chi connectivity index (χ1n) is 4.82. The second-order valence-electron chi connectivity index (χ2n) is 3.45. The summed E-state index contributed by atoms with van der Waals surface area (Å²) in [5.74, 6) is 0. The Labute approximate surface area is 84.7 Å². The Morgan fingerprint density at radius 1 is 1.14 bits per heavy atom. The van der Waals surface area contributed by atoms with Crippen molar-refractivity contribution in [2.75, 3.05) is 7.11 Å². The monoisotopic (exact) mass is 186 g/mol. The largest absolute Gasteiger partial charge is 0.369 e. The van der Waals surface area contributed by atoms with Crippen LogP contribution in [0.4, 0.5) is 0 Å². The van der Waals surface area contributed by atoms with Gasteiger partial charge in [-0.1, -0.05) is 48.6 Å². The maximum atomic E-state index is 5.63. The van der Waals surface area contributed by atoms with Crippen LogP contribution in [0.3, 0.4) is 0 Å². The molecule has 0 spiro atoms. The zero-order valence-corrected chi connectivity index (χ0v) is 8.31. The second kappa shape index (κ2) is 3.81. The molecule has 0 radical (unpaired) electrons. The van der Waals surface area contributed by atoms with Crippen LogP contribution in [0.2, 0.25) is 0 Å². The fourth-order valence-corrected chi connectivity index (χ4v) is 1.80. The first kappa shape index (κ1) is 9.22. The van der Waals surface area contributed by atoms with Crippen molar-refractivity contribution in [3.05, 3.63) is 60.2 Å². The van der Waals surface area contributed by atoms with E-state index in [-0.39, 0.29) is 5.60 Å². The van der Waals surface area contributed by atoms with Gasteiger partial charge in [-0.15, -0.1) is 0 Å². The van der Waals surface area contributed by atoms with Gasteiger partial charge >= 0.3 is 0 Å². The zero-order valence-electron chi connectivity index (χ0n) is 8.31. The maximum Gasteiger partial charge on any atom is 0.115 e. The van der Waals surface area contributed by atoms with Crippen molar-refractivity contribution in [1.82, 2.24) is 0 Å². The van der Waals surface area contributed by atoms with Gasteiger partial charge in [-0.05, 0) is 11.6 Å². The van der Waals surface area contributed by atoms with Gasteiger partial charge < -0.3 is 4.74 Å². The average Bonchev–Trinajstić information content (AvgIpc) is 2.31. The van der Waals surface area contributed by atoms with E-state index in [9.17, 15) is 0 Å². The normalized spacial score (nSPS) is 25.2. The molecule has 0 fully saturated rings. The molecule has 72 valence electrons. The molecule has 1 nitrogen and oxygen atoms in total. The predicted molar refractivity (Wildman–Crippen MR) is 58.0 cm³/mol. The molecule has 0 aromatic heterocycles. The molecule has 0 aliphatic heterocycles. The lowest BCUT2D eigenvalue weighted by atomic mass is 9.87. The van der Waals surface area contributed by atoms with Crippen molar-refractivity contribution in [1.29, 1.82) is 0 Å². The summed E-state index contributed by atoms with van der Waals surface area (Å²) >= 11 is 0. The molecule has 1 atom stereocenters. The van der Waals surface area contributed by atoms with Crippen molar-refractivity contribution < 1.29 is 4.74 Å². The van der Waals surface area contributed by atoms with E-state index in [1.807, 2.05) is 24.3 Å². The number of rotatable bonds is 2. The molecule has 0 bridgehead atoms. The summed E-state index contributed by atoms with van der Waals surface area (Å²) in [7, 11) is 1.76. The molecule has 0 amide bonds. The molecule has 14 heavy (non-hydrogen) atoms. The van der Waals surface area contributed by atoms with Crippen LogP contribution in [0.5, 0.6) is 0 Å². The van der Waals surface area contributed by atoms with Crippen LogP contribution in [-0.4, -0.2) is 7.11 Å². The molecular formula is C13H14O. The third-order valence-electron chi connectivity index (χ3n) is 2.66. The molecule has 0 saturated heterocycles. The number of benzene rings is 1. The smallest absolute Gasteiger partial charge is 0.115 e. The third-order valence-corrected chi connectivity index (χ3v) is 2.66. The van der Waals surface area contributed by atoms with Gasteiger partial charge in [0.05, 0.1) is 0 Å². The topological polar surface area (TPSA) is 9.23 Å². The minimum Gasteiger partial charge on any atom is -0.369 e. The highest BCUT2D eigenvalue weighted by Gasteiger charge is 2.28. The van der Waals surface area contributed by atoms with Gasteiger partial charge in [0.2, 0.25) is 0 Å². The van der Waals surface area contributed by atoms with Crippen molar-refractivity contribution >= 4 is 0 Å². The Morgan fingerprint density at radius 2 is 1.93 bits per heavy atom. The quantitative estimate of drug-likeness (QED) is 0.689. The van der Waals surface area contributed by atoms with Gasteiger partial charge in [0.15, 0.2) is 0 Å². The molecular weight excluding hydrogens is 172 g/mol. The highest BCUT2D eigenvalue weighted by molar-refractivity contribution is 5.32.